The van der Waals surface area contributed by atoms with Crippen molar-refractivity contribution >= 4 is 41.7 Å². The molecule has 0 spiro atoms. The second-order valence-electron chi connectivity index (χ2n) is 6.20. The van der Waals surface area contributed by atoms with Crippen LogP contribution < -0.4 is 5.56 Å². The standard InChI is InChI=1S/C16H17N6O2P/c1-25-22-11-2-5-17-15-12(11)13(20-22)10-8-18-19-14(10)16(23)21(15)9-3-6-24-7-4-9/h2,5,8-9,20,25H,3-4,6-7H2,1H3. The Bertz CT molecular complexity index is 1150. The summed E-state index contributed by atoms with van der Waals surface area (Å²) in [4.78, 5) is 17.9. The number of pyridine rings is 1. The van der Waals surface area contributed by atoms with Crippen LogP contribution in [0.15, 0.2) is 23.3 Å². The topological polar surface area (TPSA) is 90.6 Å². The summed E-state index contributed by atoms with van der Waals surface area (Å²) in [7, 11) is 0.538. The maximum atomic E-state index is 13.3. The van der Waals surface area contributed by atoms with Gasteiger partial charge in [0.05, 0.1) is 28.0 Å². The average molecular weight is 356 g/mol. The number of rotatable bonds is 2. The highest BCUT2D eigenvalue weighted by molar-refractivity contribution is 7.35. The Hall–Kier alpha value is -2.31. The van der Waals surface area contributed by atoms with E-state index in [4.69, 9.17) is 4.74 Å². The largest absolute Gasteiger partial charge is 0.381 e. The minimum Gasteiger partial charge on any atom is -0.381 e. The molecule has 4 aromatic rings. The van der Waals surface area contributed by atoms with E-state index in [-0.39, 0.29) is 11.6 Å². The Kier molecular flexibility index (Phi) is 3.36. The van der Waals surface area contributed by atoms with E-state index in [9.17, 15) is 4.79 Å². The zero-order valence-electron chi connectivity index (χ0n) is 13.7. The molecule has 1 atom stereocenters. The molecule has 0 bridgehead atoms. The molecule has 4 aromatic heterocycles. The molecule has 0 amide bonds. The smallest absolute Gasteiger partial charge is 0.281 e. The second-order valence-corrected chi connectivity index (χ2v) is 7.09. The van der Waals surface area contributed by atoms with Crippen LogP contribution in [-0.4, -0.2) is 49.2 Å². The van der Waals surface area contributed by atoms with Gasteiger partial charge in [0, 0.05) is 25.5 Å². The predicted octanol–water partition coefficient (Wildman–Crippen LogP) is 2.05. The fourth-order valence-electron chi connectivity index (χ4n) is 3.74. The van der Waals surface area contributed by atoms with E-state index in [0.29, 0.717) is 33.1 Å². The summed E-state index contributed by atoms with van der Waals surface area (Å²) in [6.07, 6.45) is 5.02. The van der Waals surface area contributed by atoms with E-state index in [2.05, 4.69) is 31.4 Å². The van der Waals surface area contributed by atoms with Crippen LogP contribution in [0.1, 0.15) is 18.9 Å². The van der Waals surface area contributed by atoms with E-state index >= 15 is 0 Å². The molecule has 0 saturated carbocycles. The highest BCUT2D eigenvalue weighted by atomic mass is 31.1. The van der Waals surface area contributed by atoms with Crippen molar-refractivity contribution in [3.05, 3.63) is 28.8 Å². The van der Waals surface area contributed by atoms with Gasteiger partial charge in [-0.1, -0.05) is 0 Å². The Morgan fingerprint density at radius 1 is 1.36 bits per heavy atom. The van der Waals surface area contributed by atoms with Gasteiger partial charge in [0.25, 0.3) is 5.56 Å². The number of H-pyrrole nitrogens is 1. The molecular formula is C16H17N6O2P. The van der Waals surface area contributed by atoms with Gasteiger partial charge in [-0.15, -0.1) is 5.10 Å². The lowest BCUT2D eigenvalue weighted by atomic mass is 10.1. The van der Waals surface area contributed by atoms with Crippen LogP contribution in [0.25, 0.3) is 33.0 Å². The summed E-state index contributed by atoms with van der Waals surface area (Å²) >= 11 is 0. The summed E-state index contributed by atoms with van der Waals surface area (Å²) in [6.45, 7) is 3.41. The van der Waals surface area contributed by atoms with Crippen LogP contribution in [0.4, 0.5) is 0 Å². The van der Waals surface area contributed by atoms with Gasteiger partial charge in [-0.3, -0.25) is 18.9 Å². The summed E-state index contributed by atoms with van der Waals surface area (Å²) in [6, 6.07) is 2.04. The van der Waals surface area contributed by atoms with Crippen LogP contribution >= 0.6 is 8.73 Å². The molecule has 128 valence electrons. The van der Waals surface area contributed by atoms with Crippen LogP contribution in [-0.2, 0) is 4.74 Å². The van der Waals surface area contributed by atoms with Crippen molar-refractivity contribution in [2.75, 3.05) is 19.9 Å². The lowest BCUT2D eigenvalue weighted by molar-refractivity contribution is 0.0698. The zero-order chi connectivity index (χ0) is 17.0. The summed E-state index contributed by atoms with van der Waals surface area (Å²) in [5.74, 6) is 0. The van der Waals surface area contributed by atoms with E-state index in [0.717, 1.165) is 34.6 Å². The van der Waals surface area contributed by atoms with Gasteiger partial charge in [0.1, 0.15) is 5.65 Å². The molecule has 1 unspecified atom stereocenters. The van der Waals surface area contributed by atoms with Crippen LogP contribution in [0.3, 0.4) is 0 Å². The van der Waals surface area contributed by atoms with E-state index in [1.54, 1.807) is 12.4 Å². The van der Waals surface area contributed by atoms with Crippen LogP contribution in [0.2, 0.25) is 0 Å². The van der Waals surface area contributed by atoms with Crippen molar-refractivity contribution in [1.82, 2.24) is 29.3 Å². The number of aromatic amines is 1. The molecule has 5 rings (SSSR count). The van der Waals surface area contributed by atoms with E-state index in [1.165, 1.54) is 0 Å². The van der Waals surface area contributed by atoms with Crippen LogP contribution in [0.5, 0.6) is 0 Å². The Balaban J connectivity index is 2.03. The zero-order valence-corrected chi connectivity index (χ0v) is 14.7. The molecule has 9 heteroatoms. The van der Waals surface area contributed by atoms with Crippen LogP contribution in [0, 0.1) is 0 Å². The molecule has 1 N–H and O–H groups in total. The van der Waals surface area contributed by atoms with E-state index in [1.807, 2.05) is 10.6 Å². The second kappa shape index (κ2) is 5.61. The highest BCUT2D eigenvalue weighted by Crippen LogP contribution is 2.32. The maximum Gasteiger partial charge on any atom is 0.281 e. The molecule has 0 radical (unpaired) electrons. The SMILES string of the molecule is CPn1[nH]c2c3cnnc3c(=O)n(C3CCOCC3)c3nccc1c23. The molecular weight excluding hydrogens is 339 g/mol. The minimum atomic E-state index is -0.130. The number of nitrogens with zero attached hydrogens (tertiary/aromatic N) is 5. The normalized spacial score (nSPS) is 16.8. The molecule has 5 heterocycles. The van der Waals surface area contributed by atoms with E-state index < -0.39 is 0 Å². The quantitative estimate of drug-likeness (QED) is 0.555. The minimum absolute atomic E-state index is 0.0577. The van der Waals surface area contributed by atoms with Gasteiger partial charge in [-0.2, -0.15) is 5.10 Å². The first-order chi connectivity index (χ1) is 12.3. The molecule has 8 nitrogen and oxygen atoms in total. The lowest BCUT2D eigenvalue weighted by Gasteiger charge is -2.24. The van der Waals surface area contributed by atoms with Crippen molar-refractivity contribution in [1.29, 1.82) is 0 Å². The fourth-order valence-corrected chi connectivity index (χ4v) is 4.39. The third-order valence-corrected chi connectivity index (χ3v) is 5.72. The van der Waals surface area contributed by atoms with Crippen molar-refractivity contribution in [3.8, 4) is 0 Å². The average Bonchev–Trinajstić information content (AvgIpc) is 3.25. The number of fused-ring (bicyclic) bond motifs is 2. The summed E-state index contributed by atoms with van der Waals surface area (Å²) < 4.78 is 9.38. The molecule has 0 aliphatic carbocycles. The Morgan fingerprint density at radius 3 is 3.00 bits per heavy atom. The molecule has 1 aliphatic heterocycles. The van der Waals surface area contributed by atoms with Gasteiger partial charge in [0.15, 0.2) is 5.52 Å². The van der Waals surface area contributed by atoms with Gasteiger partial charge in [0.2, 0.25) is 0 Å². The molecule has 1 aliphatic rings. The molecule has 1 saturated heterocycles. The first kappa shape index (κ1) is 15.0. The molecule has 25 heavy (non-hydrogen) atoms. The molecule has 0 aromatic carbocycles. The number of hydrogen-bond donors (Lipinski definition) is 1. The maximum absolute atomic E-state index is 13.3. The van der Waals surface area contributed by atoms with Crippen molar-refractivity contribution in [2.45, 2.75) is 18.9 Å². The number of aromatic nitrogens is 6. The Labute approximate surface area is 144 Å². The number of nitrogens with one attached hydrogen (secondary N) is 1. The monoisotopic (exact) mass is 356 g/mol. The Morgan fingerprint density at radius 2 is 2.20 bits per heavy atom. The third kappa shape index (κ3) is 2.07. The van der Waals surface area contributed by atoms with Crippen molar-refractivity contribution in [2.24, 2.45) is 0 Å². The van der Waals surface area contributed by atoms with Crippen molar-refractivity contribution in [3.63, 3.8) is 0 Å². The van der Waals surface area contributed by atoms with Gasteiger partial charge < -0.3 is 4.74 Å². The van der Waals surface area contributed by atoms with Gasteiger partial charge >= 0.3 is 0 Å². The van der Waals surface area contributed by atoms with Crippen molar-refractivity contribution < 1.29 is 4.74 Å². The summed E-state index contributed by atoms with van der Waals surface area (Å²) in [5, 5.41) is 13.2. The van der Waals surface area contributed by atoms with Gasteiger partial charge in [-0.25, -0.2) is 4.98 Å². The first-order valence-corrected chi connectivity index (χ1v) is 9.75. The lowest BCUT2D eigenvalue weighted by Crippen LogP contribution is -2.29. The van der Waals surface area contributed by atoms with Gasteiger partial charge in [-0.05, 0) is 34.3 Å². The predicted molar refractivity (Wildman–Crippen MR) is 97.7 cm³/mol. The third-order valence-electron chi connectivity index (χ3n) is 4.92. The number of ether oxygens (including phenoxy) is 1. The molecule has 1 fully saturated rings. The summed E-state index contributed by atoms with van der Waals surface area (Å²) in [5.41, 5.74) is 2.87. The fraction of sp³-hybridized carbons (Fsp3) is 0.375. The number of hydrogen-bond acceptors (Lipinski definition) is 5. The highest BCUT2D eigenvalue weighted by Gasteiger charge is 2.24. The first-order valence-electron chi connectivity index (χ1n) is 8.30.